The van der Waals surface area contributed by atoms with Crippen LogP contribution in [0.4, 0.5) is 5.69 Å². The summed E-state index contributed by atoms with van der Waals surface area (Å²) in [5.74, 6) is 2.07. The minimum absolute atomic E-state index is 0.427. The Kier molecular flexibility index (Phi) is 5.88. The Balaban J connectivity index is 1.48. The molecule has 3 aromatic carbocycles. The normalized spacial score (nSPS) is 14.3. The van der Waals surface area contributed by atoms with E-state index in [1.807, 2.05) is 43.3 Å². The topological polar surface area (TPSA) is 69.2 Å². The average Bonchev–Trinajstić information content (AvgIpc) is 3.00. The first-order chi connectivity index (χ1) is 16.1. The number of aromatic nitrogens is 3. The van der Waals surface area contributed by atoms with Crippen LogP contribution in [0.3, 0.4) is 0 Å². The van der Waals surface area contributed by atoms with Crippen LogP contribution in [-0.4, -0.2) is 22.3 Å². The van der Waals surface area contributed by atoms with Crippen molar-refractivity contribution >= 4 is 17.4 Å². The number of rotatable bonds is 5. The predicted molar refractivity (Wildman–Crippen MR) is 131 cm³/mol. The molecule has 4 aromatic rings. The first kappa shape index (κ1) is 21.3. The fourth-order valence-corrected chi connectivity index (χ4v) is 4.49. The van der Waals surface area contributed by atoms with Crippen LogP contribution in [0.2, 0.25) is 0 Å². The Hall–Kier alpha value is -3.58. The van der Waals surface area contributed by atoms with Gasteiger partial charge in [0, 0.05) is 22.6 Å². The van der Waals surface area contributed by atoms with Gasteiger partial charge >= 0.3 is 0 Å². The van der Waals surface area contributed by atoms with E-state index in [0.717, 1.165) is 33.9 Å². The van der Waals surface area contributed by atoms with E-state index in [1.165, 1.54) is 11.1 Å². The van der Waals surface area contributed by atoms with Gasteiger partial charge in [-0.3, -0.25) is 0 Å². The summed E-state index contributed by atoms with van der Waals surface area (Å²) in [5, 5.41) is 13.0. The molecule has 0 unspecified atom stereocenters. The zero-order valence-electron chi connectivity index (χ0n) is 18.7. The van der Waals surface area contributed by atoms with Crippen LogP contribution in [0, 0.1) is 13.8 Å². The third kappa shape index (κ3) is 4.50. The van der Waals surface area contributed by atoms with E-state index in [1.54, 1.807) is 18.9 Å². The largest absolute Gasteiger partial charge is 0.496 e. The number of thioether (sulfide) groups is 1. The molecule has 1 N–H and O–H groups in total. The van der Waals surface area contributed by atoms with Gasteiger partial charge in [-0.05, 0) is 49.2 Å². The quantitative estimate of drug-likeness (QED) is 0.372. The van der Waals surface area contributed by atoms with E-state index < -0.39 is 6.23 Å². The van der Waals surface area contributed by atoms with Crippen molar-refractivity contribution in [3.05, 3.63) is 89.0 Å². The number of aryl methyl sites for hydroxylation is 2. The number of ether oxygens (including phenoxy) is 2. The number of nitrogens with zero attached hydrogens (tertiary/aromatic N) is 3. The monoisotopic (exact) mass is 456 g/mol. The number of para-hydroxylation sites is 1. The Morgan fingerprint density at radius 2 is 1.82 bits per heavy atom. The van der Waals surface area contributed by atoms with Crippen LogP contribution in [-0.2, 0) is 5.75 Å². The standard InChI is InChI=1S/C26H24N4O2S/c1-16-8-10-18(11-9-16)15-33-26-28-25-23(29-30-26)20-6-4-5-7-21(20)27-24(32-25)19-12-13-22(31-3)17(2)14-19/h4-14,24,27H,15H2,1-3H3/t24-/m1/s1. The number of anilines is 1. The Morgan fingerprint density at radius 1 is 1.00 bits per heavy atom. The van der Waals surface area contributed by atoms with E-state index >= 15 is 0 Å². The van der Waals surface area contributed by atoms with Gasteiger partial charge in [-0.15, -0.1) is 10.2 Å². The van der Waals surface area contributed by atoms with Gasteiger partial charge in [0.25, 0.3) is 0 Å². The first-order valence-electron chi connectivity index (χ1n) is 10.7. The molecule has 1 aromatic heterocycles. The molecule has 0 bridgehead atoms. The lowest BCUT2D eigenvalue weighted by Gasteiger charge is -2.20. The molecule has 7 heteroatoms. The van der Waals surface area contributed by atoms with Crippen LogP contribution in [0.1, 0.15) is 28.5 Å². The molecular formula is C26H24N4O2S. The second-order valence-corrected chi connectivity index (χ2v) is 8.88. The molecule has 1 atom stereocenters. The molecule has 0 radical (unpaired) electrons. The van der Waals surface area contributed by atoms with E-state index in [4.69, 9.17) is 14.5 Å². The van der Waals surface area contributed by atoms with Crippen molar-refractivity contribution in [1.29, 1.82) is 0 Å². The summed E-state index contributed by atoms with van der Waals surface area (Å²) in [4.78, 5) is 4.74. The van der Waals surface area contributed by atoms with Crippen LogP contribution >= 0.6 is 11.8 Å². The second kappa shape index (κ2) is 9.11. The van der Waals surface area contributed by atoms with E-state index in [9.17, 15) is 0 Å². The number of methoxy groups -OCH3 is 1. The third-order valence-electron chi connectivity index (χ3n) is 5.54. The maximum absolute atomic E-state index is 6.38. The predicted octanol–water partition coefficient (Wildman–Crippen LogP) is 5.96. The Morgan fingerprint density at radius 3 is 2.61 bits per heavy atom. The molecule has 6 nitrogen and oxygen atoms in total. The smallest absolute Gasteiger partial charge is 0.247 e. The number of fused-ring (bicyclic) bond motifs is 3. The van der Waals surface area contributed by atoms with Crippen LogP contribution < -0.4 is 14.8 Å². The summed E-state index contributed by atoms with van der Waals surface area (Å²) in [6, 6.07) is 22.5. The van der Waals surface area contributed by atoms with Gasteiger partial charge in [0.05, 0.1) is 7.11 Å². The molecule has 0 spiro atoms. The summed E-state index contributed by atoms with van der Waals surface area (Å²) in [6.45, 7) is 4.10. The minimum Gasteiger partial charge on any atom is -0.496 e. The van der Waals surface area contributed by atoms with Gasteiger partial charge in [-0.2, -0.15) is 4.98 Å². The van der Waals surface area contributed by atoms with Crippen molar-refractivity contribution in [2.75, 3.05) is 12.4 Å². The van der Waals surface area contributed by atoms with Gasteiger partial charge < -0.3 is 14.8 Å². The molecule has 0 saturated heterocycles. The zero-order valence-corrected chi connectivity index (χ0v) is 19.5. The van der Waals surface area contributed by atoms with Gasteiger partial charge in [0.15, 0.2) is 11.9 Å². The lowest BCUT2D eigenvalue weighted by atomic mass is 10.1. The number of hydrogen-bond donors (Lipinski definition) is 1. The second-order valence-electron chi connectivity index (χ2n) is 7.94. The molecule has 33 heavy (non-hydrogen) atoms. The summed E-state index contributed by atoms with van der Waals surface area (Å²) in [7, 11) is 1.67. The zero-order chi connectivity index (χ0) is 22.8. The molecular weight excluding hydrogens is 432 g/mol. The van der Waals surface area contributed by atoms with Crippen molar-refractivity contribution < 1.29 is 9.47 Å². The molecule has 2 heterocycles. The third-order valence-corrected chi connectivity index (χ3v) is 6.45. The number of benzene rings is 3. The van der Waals surface area contributed by atoms with Gasteiger partial charge in [-0.25, -0.2) is 0 Å². The highest BCUT2D eigenvalue weighted by molar-refractivity contribution is 7.98. The van der Waals surface area contributed by atoms with Crippen LogP contribution in [0.25, 0.3) is 11.3 Å². The SMILES string of the molecule is COc1ccc([C@@H]2Nc3ccccc3-c3nnc(SCc4ccc(C)cc4)nc3O2)cc1C. The fraction of sp³-hybridized carbons (Fsp3) is 0.192. The first-order valence-corrected chi connectivity index (χ1v) is 11.7. The molecule has 0 amide bonds. The number of hydrogen-bond acceptors (Lipinski definition) is 7. The maximum Gasteiger partial charge on any atom is 0.247 e. The van der Waals surface area contributed by atoms with Gasteiger partial charge in [0.2, 0.25) is 11.0 Å². The van der Waals surface area contributed by atoms with Crippen molar-refractivity contribution in [1.82, 2.24) is 15.2 Å². The fourth-order valence-electron chi connectivity index (χ4n) is 3.76. The van der Waals surface area contributed by atoms with E-state index in [2.05, 4.69) is 52.8 Å². The average molecular weight is 457 g/mol. The molecule has 1 aliphatic rings. The van der Waals surface area contributed by atoms with Crippen molar-refractivity contribution in [2.45, 2.75) is 31.0 Å². The summed E-state index contributed by atoms with van der Waals surface area (Å²) < 4.78 is 11.8. The molecule has 166 valence electrons. The van der Waals surface area contributed by atoms with E-state index in [0.29, 0.717) is 16.7 Å². The van der Waals surface area contributed by atoms with Crippen LogP contribution in [0.5, 0.6) is 11.6 Å². The molecule has 5 rings (SSSR count). The van der Waals surface area contributed by atoms with Crippen LogP contribution in [0.15, 0.2) is 71.9 Å². The lowest BCUT2D eigenvalue weighted by Crippen LogP contribution is -2.17. The number of nitrogens with one attached hydrogen (secondary N) is 1. The Bertz CT molecular complexity index is 1290. The van der Waals surface area contributed by atoms with Gasteiger partial charge in [0.1, 0.15) is 5.75 Å². The molecule has 1 aliphatic heterocycles. The Labute approximate surface area is 197 Å². The summed E-state index contributed by atoms with van der Waals surface area (Å²) in [6.07, 6.45) is -0.427. The van der Waals surface area contributed by atoms with Crippen molar-refractivity contribution in [2.24, 2.45) is 0 Å². The summed E-state index contributed by atoms with van der Waals surface area (Å²) >= 11 is 1.54. The maximum atomic E-state index is 6.38. The highest BCUT2D eigenvalue weighted by atomic mass is 32.2. The van der Waals surface area contributed by atoms with Crippen molar-refractivity contribution in [3.63, 3.8) is 0 Å². The molecule has 0 fully saturated rings. The van der Waals surface area contributed by atoms with Gasteiger partial charge in [-0.1, -0.05) is 59.8 Å². The molecule has 0 aliphatic carbocycles. The highest BCUT2D eigenvalue weighted by Gasteiger charge is 2.26. The lowest BCUT2D eigenvalue weighted by molar-refractivity contribution is 0.225. The van der Waals surface area contributed by atoms with E-state index in [-0.39, 0.29) is 0 Å². The highest BCUT2D eigenvalue weighted by Crippen LogP contribution is 2.40. The molecule has 0 saturated carbocycles. The minimum atomic E-state index is -0.427. The van der Waals surface area contributed by atoms with Crippen molar-refractivity contribution in [3.8, 4) is 22.9 Å². The summed E-state index contributed by atoms with van der Waals surface area (Å²) in [5.41, 5.74) is 6.93.